The molecule has 0 amide bonds. The van der Waals surface area contributed by atoms with Crippen LogP contribution in [-0.2, 0) is 6.42 Å². The minimum absolute atomic E-state index is 0.0264. The molecule has 15 heavy (non-hydrogen) atoms. The van der Waals surface area contributed by atoms with Crippen molar-refractivity contribution in [1.29, 1.82) is 0 Å². The molecule has 0 N–H and O–H groups in total. The van der Waals surface area contributed by atoms with E-state index in [1.165, 1.54) is 11.5 Å². The largest absolute Gasteiger partial charge is 0.292 e. The molecule has 1 aromatic carbocycles. The Morgan fingerprint density at radius 1 is 1.40 bits per heavy atom. The molecule has 4 heteroatoms. The molecule has 0 aliphatic carbocycles. The monoisotopic (exact) mass is 237 g/mol. The second-order valence-electron chi connectivity index (χ2n) is 3.11. The lowest BCUT2D eigenvalue weighted by molar-refractivity contribution is 0.0989. The SMILES string of the molecule is O=C(Cc1cccc(Cl)c1)c1ccsn1. The zero-order valence-electron chi connectivity index (χ0n) is 7.81. The van der Waals surface area contributed by atoms with Crippen molar-refractivity contribution in [3.63, 3.8) is 0 Å². The lowest BCUT2D eigenvalue weighted by atomic mass is 10.1. The highest BCUT2D eigenvalue weighted by atomic mass is 35.5. The van der Waals surface area contributed by atoms with Crippen LogP contribution >= 0.6 is 23.1 Å². The van der Waals surface area contributed by atoms with Crippen LogP contribution in [0.2, 0.25) is 5.02 Å². The summed E-state index contributed by atoms with van der Waals surface area (Å²) in [5.74, 6) is 0.0264. The molecule has 0 unspecified atom stereocenters. The fourth-order valence-electron chi connectivity index (χ4n) is 1.28. The predicted molar refractivity (Wildman–Crippen MR) is 61.6 cm³/mol. The molecule has 0 saturated heterocycles. The average molecular weight is 238 g/mol. The van der Waals surface area contributed by atoms with Crippen LogP contribution in [-0.4, -0.2) is 10.2 Å². The minimum Gasteiger partial charge on any atom is -0.292 e. The summed E-state index contributed by atoms with van der Waals surface area (Å²) in [5, 5.41) is 2.45. The van der Waals surface area contributed by atoms with E-state index < -0.39 is 0 Å². The molecule has 2 rings (SSSR count). The first-order valence-electron chi connectivity index (χ1n) is 4.44. The van der Waals surface area contributed by atoms with E-state index in [-0.39, 0.29) is 5.78 Å². The molecule has 1 aromatic heterocycles. The van der Waals surface area contributed by atoms with Crippen molar-refractivity contribution in [2.45, 2.75) is 6.42 Å². The van der Waals surface area contributed by atoms with Crippen molar-refractivity contribution >= 4 is 28.9 Å². The van der Waals surface area contributed by atoms with Crippen LogP contribution in [0.25, 0.3) is 0 Å². The van der Waals surface area contributed by atoms with Crippen molar-refractivity contribution in [3.8, 4) is 0 Å². The third-order valence-electron chi connectivity index (χ3n) is 1.98. The van der Waals surface area contributed by atoms with Gasteiger partial charge in [0.15, 0.2) is 5.78 Å². The van der Waals surface area contributed by atoms with Gasteiger partial charge in [-0.15, -0.1) is 0 Å². The standard InChI is InChI=1S/C11H8ClNOS/c12-9-3-1-2-8(6-9)7-11(14)10-4-5-15-13-10/h1-6H,7H2. The number of hydrogen-bond acceptors (Lipinski definition) is 3. The Hall–Kier alpha value is -1.19. The molecule has 0 bridgehead atoms. The maximum absolute atomic E-state index is 11.7. The summed E-state index contributed by atoms with van der Waals surface area (Å²) in [6.07, 6.45) is 0.351. The fraction of sp³-hybridized carbons (Fsp3) is 0.0909. The van der Waals surface area contributed by atoms with Gasteiger partial charge >= 0.3 is 0 Å². The molecule has 1 heterocycles. The summed E-state index contributed by atoms with van der Waals surface area (Å²) in [6.45, 7) is 0. The van der Waals surface area contributed by atoms with Gasteiger partial charge in [0.1, 0.15) is 5.69 Å². The van der Waals surface area contributed by atoms with E-state index in [0.717, 1.165) is 5.56 Å². The van der Waals surface area contributed by atoms with E-state index in [4.69, 9.17) is 11.6 Å². The van der Waals surface area contributed by atoms with E-state index in [2.05, 4.69) is 4.37 Å². The van der Waals surface area contributed by atoms with Crippen LogP contribution in [0.4, 0.5) is 0 Å². The number of carbonyl (C=O) groups excluding carboxylic acids is 1. The molecule has 0 radical (unpaired) electrons. The minimum atomic E-state index is 0.0264. The van der Waals surface area contributed by atoms with Gasteiger partial charge in [0.05, 0.1) is 0 Å². The van der Waals surface area contributed by atoms with Crippen molar-refractivity contribution in [3.05, 3.63) is 52.0 Å². The van der Waals surface area contributed by atoms with Gasteiger partial charge in [-0.05, 0) is 35.3 Å². The second-order valence-corrected chi connectivity index (χ2v) is 4.22. The average Bonchev–Trinajstić information content (AvgIpc) is 2.70. The van der Waals surface area contributed by atoms with E-state index in [1.807, 2.05) is 12.1 Å². The lowest BCUT2D eigenvalue weighted by Crippen LogP contribution is -2.03. The molecule has 0 atom stereocenters. The van der Waals surface area contributed by atoms with Crippen LogP contribution in [0, 0.1) is 0 Å². The molecule has 76 valence electrons. The normalized spacial score (nSPS) is 10.2. The molecule has 2 nitrogen and oxygen atoms in total. The summed E-state index contributed by atoms with van der Waals surface area (Å²) in [4.78, 5) is 11.7. The van der Waals surface area contributed by atoms with E-state index in [1.54, 1.807) is 23.6 Å². The van der Waals surface area contributed by atoms with Crippen LogP contribution in [0.1, 0.15) is 16.1 Å². The van der Waals surface area contributed by atoms with Gasteiger partial charge in [-0.1, -0.05) is 23.7 Å². The Balaban J connectivity index is 2.13. The van der Waals surface area contributed by atoms with Crippen molar-refractivity contribution < 1.29 is 4.79 Å². The van der Waals surface area contributed by atoms with Gasteiger partial charge in [-0.2, -0.15) is 4.37 Å². The fourth-order valence-corrected chi connectivity index (χ4v) is 2.02. The second kappa shape index (κ2) is 4.55. The number of Topliss-reactive ketones (excluding diaryl/α,β-unsaturated/α-hetero) is 1. The van der Waals surface area contributed by atoms with Crippen molar-refractivity contribution in [2.75, 3.05) is 0 Å². The molecular formula is C11H8ClNOS. The topological polar surface area (TPSA) is 30.0 Å². The summed E-state index contributed by atoms with van der Waals surface area (Å²) in [5.41, 5.74) is 1.44. The number of nitrogens with zero attached hydrogens (tertiary/aromatic N) is 1. The molecular weight excluding hydrogens is 230 g/mol. The van der Waals surface area contributed by atoms with E-state index in [9.17, 15) is 4.79 Å². The Kier molecular flexibility index (Phi) is 3.14. The Labute approximate surface area is 96.7 Å². The number of halogens is 1. The molecule has 0 aliphatic heterocycles. The smallest absolute Gasteiger partial charge is 0.186 e. The molecule has 0 spiro atoms. The highest BCUT2D eigenvalue weighted by Gasteiger charge is 2.08. The number of benzene rings is 1. The first-order valence-corrected chi connectivity index (χ1v) is 5.65. The quantitative estimate of drug-likeness (QED) is 0.768. The number of ketones is 1. The third kappa shape index (κ3) is 2.64. The van der Waals surface area contributed by atoms with Crippen molar-refractivity contribution in [2.24, 2.45) is 0 Å². The zero-order chi connectivity index (χ0) is 10.7. The highest BCUT2D eigenvalue weighted by Crippen LogP contribution is 2.13. The Bertz CT molecular complexity index is 467. The number of carbonyl (C=O) groups is 1. The first-order chi connectivity index (χ1) is 7.25. The molecule has 2 aromatic rings. The third-order valence-corrected chi connectivity index (χ3v) is 2.77. The van der Waals surface area contributed by atoms with Crippen molar-refractivity contribution in [1.82, 2.24) is 4.37 Å². The highest BCUT2D eigenvalue weighted by molar-refractivity contribution is 7.03. The van der Waals surface area contributed by atoms with Crippen LogP contribution in [0.5, 0.6) is 0 Å². The summed E-state index contributed by atoms with van der Waals surface area (Å²) >= 11 is 7.11. The van der Waals surface area contributed by atoms with Gasteiger partial charge in [0, 0.05) is 16.8 Å². The Morgan fingerprint density at radius 2 is 2.27 bits per heavy atom. The van der Waals surface area contributed by atoms with Gasteiger partial charge in [0.25, 0.3) is 0 Å². The van der Waals surface area contributed by atoms with E-state index in [0.29, 0.717) is 17.1 Å². The summed E-state index contributed by atoms with van der Waals surface area (Å²) < 4.78 is 3.99. The maximum Gasteiger partial charge on any atom is 0.186 e. The van der Waals surface area contributed by atoms with Gasteiger partial charge < -0.3 is 0 Å². The summed E-state index contributed by atoms with van der Waals surface area (Å²) in [6, 6.07) is 9.05. The predicted octanol–water partition coefficient (Wildman–Crippen LogP) is 3.22. The maximum atomic E-state index is 11.7. The van der Waals surface area contributed by atoms with Crippen LogP contribution < -0.4 is 0 Å². The van der Waals surface area contributed by atoms with Gasteiger partial charge in [0.2, 0.25) is 0 Å². The summed E-state index contributed by atoms with van der Waals surface area (Å²) in [7, 11) is 0. The zero-order valence-corrected chi connectivity index (χ0v) is 9.39. The van der Waals surface area contributed by atoms with Gasteiger partial charge in [-0.3, -0.25) is 4.79 Å². The van der Waals surface area contributed by atoms with Gasteiger partial charge in [-0.25, -0.2) is 0 Å². The molecule has 0 saturated carbocycles. The number of rotatable bonds is 3. The molecule has 0 fully saturated rings. The lowest BCUT2D eigenvalue weighted by Gasteiger charge is -1.98. The molecule has 0 aliphatic rings. The first kappa shape index (κ1) is 10.3. The Morgan fingerprint density at radius 3 is 2.93 bits per heavy atom. The number of hydrogen-bond donors (Lipinski definition) is 0. The number of aromatic nitrogens is 1. The van der Waals surface area contributed by atoms with Crippen LogP contribution in [0.15, 0.2) is 35.7 Å². The van der Waals surface area contributed by atoms with E-state index >= 15 is 0 Å². The van der Waals surface area contributed by atoms with Crippen LogP contribution in [0.3, 0.4) is 0 Å².